The number of hydrogen-bond donors (Lipinski definition) is 1. The molecule has 2 atom stereocenters. The maximum absolute atomic E-state index is 13.9. The summed E-state index contributed by atoms with van der Waals surface area (Å²) < 4.78 is 57.6. The monoisotopic (exact) mass is 528 g/mol. The van der Waals surface area contributed by atoms with E-state index in [2.05, 4.69) is 31.1 Å². The van der Waals surface area contributed by atoms with Crippen LogP contribution in [-0.4, -0.2) is 45.5 Å². The number of likely N-dealkylation sites (tertiary alicyclic amines) is 1. The average Bonchev–Trinajstić information content (AvgIpc) is 3.07. The summed E-state index contributed by atoms with van der Waals surface area (Å²) in [6.07, 6.45) is -5.14. The number of likely N-dealkylation sites (N-methyl/N-ethyl adjacent to an activating group) is 1. The van der Waals surface area contributed by atoms with E-state index in [1.54, 1.807) is 19.0 Å². The lowest BCUT2D eigenvalue weighted by molar-refractivity contribution is -0.275. The van der Waals surface area contributed by atoms with E-state index < -0.39 is 41.4 Å². The van der Waals surface area contributed by atoms with E-state index in [9.17, 15) is 22.4 Å². The molecule has 0 spiro atoms. The van der Waals surface area contributed by atoms with Gasteiger partial charge in [-0.05, 0) is 28.1 Å². The fourth-order valence-electron chi connectivity index (χ4n) is 3.21. The Morgan fingerprint density at radius 3 is 2.63 bits per heavy atom. The molecule has 162 valence electrons. The molecule has 1 N–H and O–H groups in total. The van der Waals surface area contributed by atoms with Gasteiger partial charge in [-0.1, -0.05) is 29.9 Å². The van der Waals surface area contributed by atoms with Crippen LogP contribution in [0.25, 0.3) is 0 Å². The Kier molecular flexibility index (Phi) is 6.30. The van der Waals surface area contributed by atoms with Crippen LogP contribution < -0.4 is 10.1 Å². The highest BCUT2D eigenvalue weighted by Crippen LogP contribution is 2.40. The Morgan fingerprint density at radius 2 is 2.07 bits per heavy atom. The van der Waals surface area contributed by atoms with E-state index in [1.165, 1.54) is 4.68 Å². The molecule has 2 aromatic rings. The van der Waals surface area contributed by atoms with Crippen LogP contribution in [0, 0.1) is 11.7 Å². The number of benzene rings is 1. The number of aromatic nitrogens is 2. The van der Waals surface area contributed by atoms with Gasteiger partial charge in [-0.15, -0.1) is 13.2 Å². The number of alkyl halides is 3. The second kappa shape index (κ2) is 8.31. The van der Waals surface area contributed by atoms with E-state index in [0.29, 0.717) is 21.9 Å². The Labute approximate surface area is 187 Å². The van der Waals surface area contributed by atoms with Gasteiger partial charge in [-0.3, -0.25) is 9.48 Å². The number of halogens is 6. The van der Waals surface area contributed by atoms with Gasteiger partial charge in [0.25, 0.3) is 0 Å². The summed E-state index contributed by atoms with van der Waals surface area (Å²) in [5.41, 5.74) is 0.00639. The fraction of sp³-hybridized carbons (Fsp3) is 0.353. The lowest BCUT2D eigenvalue weighted by atomic mass is 9.92. The first-order valence-electron chi connectivity index (χ1n) is 8.38. The van der Waals surface area contributed by atoms with E-state index in [-0.39, 0.29) is 4.99 Å². The lowest BCUT2D eigenvalue weighted by Gasteiger charge is -2.19. The van der Waals surface area contributed by atoms with Crippen molar-refractivity contribution in [3.63, 3.8) is 0 Å². The summed E-state index contributed by atoms with van der Waals surface area (Å²) in [4.78, 5) is 14.9. The summed E-state index contributed by atoms with van der Waals surface area (Å²) in [6, 6.07) is 3.05. The summed E-state index contributed by atoms with van der Waals surface area (Å²) in [5.74, 6) is -4.60. The molecule has 0 radical (unpaired) electrons. The SMILES string of the molecule is CN1C[C@H](c2nn(C)c(Cl)c2Br)[C@@H](C(=O)Nc2cccc(F)c2OC(F)(F)F)C1=S. The molecule has 0 saturated carbocycles. The molecule has 2 heterocycles. The molecule has 0 aliphatic carbocycles. The molecule has 1 aliphatic heterocycles. The van der Waals surface area contributed by atoms with Crippen molar-refractivity contribution in [1.82, 2.24) is 14.7 Å². The number of thiocarbonyl (C=S) groups is 1. The van der Waals surface area contributed by atoms with Crippen molar-refractivity contribution in [2.24, 2.45) is 13.0 Å². The Hall–Kier alpha value is -1.92. The molecule has 1 fully saturated rings. The molecule has 30 heavy (non-hydrogen) atoms. The third kappa shape index (κ3) is 4.40. The zero-order valence-electron chi connectivity index (χ0n) is 15.4. The number of anilines is 1. The smallest absolute Gasteiger partial charge is 0.400 e. The lowest BCUT2D eigenvalue weighted by Crippen LogP contribution is -2.32. The molecule has 3 rings (SSSR count). The van der Waals surface area contributed by atoms with Crippen LogP contribution in [0.15, 0.2) is 22.7 Å². The first-order valence-corrected chi connectivity index (χ1v) is 9.96. The van der Waals surface area contributed by atoms with Crippen molar-refractivity contribution in [2.45, 2.75) is 12.3 Å². The molecule has 1 aromatic heterocycles. The number of aryl methyl sites for hydroxylation is 1. The molecule has 1 aromatic carbocycles. The highest BCUT2D eigenvalue weighted by molar-refractivity contribution is 9.10. The molecule has 1 aliphatic rings. The van der Waals surface area contributed by atoms with Crippen LogP contribution in [0.2, 0.25) is 5.15 Å². The number of nitrogens with zero attached hydrogens (tertiary/aromatic N) is 3. The van der Waals surface area contributed by atoms with E-state index in [4.69, 9.17) is 23.8 Å². The summed E-state index contributed by atoms with van der Waals surface area (Å²) in [6.45, 7) is 0.331. The van der Waals surface area contributed by atoms with Gasteiger partial charge in [0.05, 0.1) is 26.8 Å². The fourth-order valence-corrected chi connectivity index (χ4v) is 4.32. The van der Waals surface area contributed by atoms with Crippen LogP contribution in [0.5, 0.6) is 5.75 Å². The quantitative estimate of drug-likeness (QED) is 0.467. The molecule has 0 unspecified atom stereocenters. The highest BCUT2D eigenvalue weighted by Gasteiger charge is 2.44. The van der Waals surface area contributed by atoms with Gasteiger partial charge in [0.15, 0.2) is 11.6 Å². The van der Waals surface area contributed by atoms with Gasteiger partial charge in [0.2, 0.25) is 5.91 Å². The molecular formula is C17H14BrClF4N4O2S. The van der Waals surface area contributed by atoms with Crippen molar-refractivity contribution in [2.75, 3.05) is 18.9 Å². The van der Waals surface area contributed by atoms with Gasteiger partial charge >= 0.3 is 6.36 Å². The van der Waals surface area contributed by atoms with Crippen LogP contribution in [0.3, 0.4) is 0 Å². The zero-order valence-corrected chi connectivity index (χ0v) is 18.6. The van der Waals surface area contributed by atoms with Gasteiger partial charge in [-0.25, -0.2) is 4.39 Å². The number of amides is 1. The van der Waals surface area contributed by atoms with Crippen molar-refractivity contribution in [1.29, 1.82) is 0 Å². The number of para-hydroxylation sites is 1. The van der Waals surface area contributed by atoms with Gasteiger partial charge in [-0.2, -0.15) is 5.10 Å². The predicted octanol–water partition coefficient (Wildman–Crippen LogP) is 4.49. The van der Waals surface area contributed by atoms with Gasteiger partial charge < -0.3 is 15.0 Å². The van der Waals surface area contributed by atoms with E-state index in [1.807, 2.05) is 0 Å². The second-order valence-electron chi connectivity index (χ2n) is 6.57. The van der Waals surface area contributed by atoms with Crippen molar-refractivity contribution in [3.8, 4) is 5.75 Å². The molecular weight excluding hydrogens is 516 g/mol. The molecule has 1 saturated heterocycles. The largest absolute Gasteiger partial charge is 0.573 e. The number of rotatable bonds is 4. The summed E-state index contributed by atoms with van der Waals surface area (Å²) in [7, 11) is 3.30. The Bertz CT molecular complexity index is 1020. The second-order valence-corrected chi connectivity index (χ2v) is 8.14. The van der Waals surface area contributed by atoms with E-state index >= 15 is 0 Å². The van der Waals surface area contributed by atoms with E-state index in [0.717, 1.165) is 18.2 Å². The van der Waals surface area contributed by atoms with Crippen LogP contribution in [0.1, 0.15) is 11.6 Å². The number of carbonyl (C=O) groups is 1. The maximum atomic E-state index is 13.9. The highest BCUT2D eigenvalue weighted by atomic mass is 79.9. The Balaban J connectivity index is 1.94. The van der Waals surface area contributed by atoms with Gasteiger partial charge in [0.1, 0.15) is 5.15 Å². The minimum absolute atomic E-state index is 0.265. The normalized spacial score (nSPS) is 19.3. The minimum Gasteiger partial charge on any atom is -0.400 e. The van der Waals surface area contributed by atoms with Crippen LogP contribution in [0.4, 0.5) is 23.2 Å². The molecule has 13 heteroatoms. The third-order valence-corrected chi connectivity index (χ3v) is 6.55. The number of ether oxygens (including phenoxy) is 1. The Morgan fingerprint density at radius 1 is 1.40 bits per heavy atom. The van der Waals surface area contributed by atoms with Crippen molar-refractivity contribution >= 4 is 56.3 Å². The van der Waals surface area contributed by atoms with Crippen molar-refractivity contribution < 1.29 is 27.1 Å². The van der Waals surface area contributed by atoms with Crippen LogP contribution in [-0.2, 0) is 11.8 Å². The molecule has 0 bridgehead atoms. The number of nitrogens with one attached hydrogen (secondary N) is 1. The van der Waals surface area contributed by atoms with Crippen molar-refractivity contribution in [3.05, 3.63) is 39.3 Å². The van der Waals surface area contributed by atoms with Gasteiger partial charge in [0, 0.05) is 26.6 Å². The maximum Gasteiger partial charge on any atom is 0.573 e. The third-order valence-electron chi connectivity index (χ3n) is 4.54. The minimum atomic E-state index is -5.14. The zero-order chi connectivity index (χ0) is 22.4. The first-order chi connectivity index (χ1) is 13.9. The number of carbonyl (C=O) groups excluding carboxylic acids is 1. The molecule has 1 amide bonds. The number of hydrogen-bond acceptors (Lipinski definition) is 4. The average molecular weight is 530 g/mol. The summed E-state index contributed by atoms with van der Waals surface area (Å²) in [5, 5.41) is 6.94. The van der Waals surface area contributed by atoms with Crippen LogP contribution >= 0.6 is 39.7 Å². The predicted molar refractivity (Wildman–Crippen MR) is 109 cm³/mol. The topological polar surface area (TPSA) is 59.4 Å². The first kappa shape index (κ1) is 22.8. The molecule has 6 nitrogen and oxygen atoms in total. The standard InChI is InChI=1S/C17H14BrClF4N4O2S/c1-26-6-7(12-11(18)14(19)27(2)25-12)10(16(26)30)15(28)24-9-5-3-4-8(20)13(9)29-17(21,22)23/h3-5,7,10H,6H2,1-2H3,(H,24,28)/t7-,10-/m0/s1. The summed E-state index contributed by atoms with van der Waals surface area (Å²) >= 11 is 14.9.